The van der Waals surface area contributed by atoms with E-state index >= 15 is 0 Å². The van der Waals surface area contributed by atoms with Crippen LogP contribution in [0.3, 0.4) is 0 Å². The normalized spacial score (nSPS) is 17.3. The van der Waals surface area contributed by atoms with E-state index in [0.717, 1.165) is 5.69 Å². The van der Waals surface area contributed by atoms with Crippen molar-refractivity contribution in [3.63, 3.8) is 0 Å². The van der Waals surface area contributed by atoms with Crippen LogP contribution in [0.15, 0.2) is 6.20 Å². The zero-order valence-electron chi connectivity index (χ0n) is 12.2. The number of amides is 1. The number of carbonyl (C=O) groups excluding carboxylic acids is 1. The summed E-state index contributed by atoms with van der Waals surface area (Å²) in [5.41, 5.74) is 7.15. The van der Waals surface area contributed by atoms with E-state index in [-0.39, 0.29) is 17.5 Å². The van der Waals surface area contributed by atoms with Crippen LogP contribution < -0.4 is 11.1 Å². The first-order chi connectivity index (χ1) is 8.84. The number of hydrogen-bond donors (Lipinski definition) is 2. The van der Waals surface area contributed by atoms with Gasteiger partial charge in [0.05, 0.1) is 17.3 Å². The van der Waals surface area contributed by atoms with Crippen molar-refractivity contribution in [1.29, 1.82) is 0 Å². The molecule has 1 amide bonds. The maximum absolute atomic E-state index is 12.3. The minimum atomic E-state index is -0.119. The highest BCUT2D eigenvalue weighted by molar-refractivity contribution is 5.95. The van der Waals surface area contributed by atoms with E-state index < -0.39 is 0 Å². The van der Waals surface area contributed by atoms with Crippen molar-refractivity contribution in [2.75, 3.05) is 6.54 Å². The Morgan fingerprint density at radius 3 is 2.63 bits per heavy atom. The van der Waals surface area contributed by atoms with E-state index in [1.54, 1.807) is 6.20 Å². The average Bonchev–Trinajstić information content (AvgIpc) is 3.07. The molecule has 3 N–H and O–H groups in total. The Labute approximate surface area is 114 Å². The molecule has 19 heavy (non-hydrogen) atoms. The molecule has 1 aliphatic carbocycles. The summed E-state index contributed by atoms with van der Waals surface area (Å²) in [5, 5.41) is 7.36. The first-order valence-electron chi connectivity index (χ1n) is 6.90. The summed E-state index contributed by atoms with van der Waals surface area (Å²) in [6, 6.07) is 0.102. The third-order valence-corrected chi connectivity index (χ3v) is 3.65. The molecule has 1 aromatic rings. The molecule has 1 aliphatic rings. The Bertz CT molecular complexity index is 468. The molecule has 0 bridgehead atoms. The highest BCUT2D eigenvalue weighted by Gasteiger charge is 2.32. The van der Waals surface area contributed by atoms with Crippen molar-refractivity contribution in [3.8, 4) is 0 Å². The smallest absolute Gasteiger partial charge is 0.255 e. The Hall–Kier alpha value is -1.36. The van der Waals surface area contributed by atoms with Crippen LogP contribution in [0.5, 0.6) is 0 Å². The highest BCUT2D eigenvalue weighted by atomic mass is 16.1. The predicted octanol–water partition coefficient (Wildman–Crippen LogP) is 1.41. The molecule has 1 fully saturated rings. The van der Waals surface area contributed by atoms with Gasteiger partial charge in [0.25, 0.3) is 5.91 Å². The minimum absolute atomic E-state index is 0.0599. The first kappa shape index (κ1) is 14.1. The second-order valence-electron chi connectivity index (χ2n) is 6.38. The molecule has 1 atom stereocenters. The summed E-state index contributed by atoms with van der Waals surface area (Å²) in [4.78, 5) is 12.3. The van der Waals surface area contributed by atoms with Crippen molar-refractivity contribution in [3.05, 3.63) is 17.5 Å². The molecule has 1 heterocycles. The van der Waals surface area contributed by atoms with Gasteiger partial charge in [0.2, 0.25) is 0 Å². The van der Waals surface area contributed by atoms with Gasteiger partial charge in [-0.2, -0.15) is 5.10 Å². The lowest BCUT2D eigenvalue weighted by molar-refractivity contribution is 0.0932. The van der Waals surface area contributed by atoms with E-state index in [1.807, 2.05) is 11.6 Å². The van der Waals surface area contributed by atoms with Crippen LogP contribution in [0.4, 0.5) is 0 Å². The van der Waals surface area contributed by atoms with Crippen LogP contribution >= 0.6 is 0 Å². The topological polar surface area (TPSA) is 72.9 Å². The van der Waals surface area contributed by atoms with Gasteiger partial charge in [-0.25, -0.2) is 0 Å². The summed E-state index contributed by atoms with van der Waals surface area (Å²) in [6.45, 7) is 8.65. The Morgan fingerprint density at radius 1 is 1.58 bits per heavy atom. The van der Waals surface area contributed by atoms with Gasteiger partial charge in [-0.15, -0.1) is 0 Å². The number of aromatic nitrogens is 2. The largest absolute Gasteiger partial charge is 0.348 e. The molecule has 1 saturated carbocycles. The second kappa shape index (κ2) is 4.96. The molecular formula is C14H24N4O. The zero-order chi connectivity index (χ0) is 14.2. The third kappa shape index (κ3) is 2.97. The molecule has 0 aromatic carbocycles. The van der Waals surface area contributed by atoms with Gasteiger partial charge in [0.15, 0.2) is 0 Å². The van der Waals surface area contributed by atoms with E-state index in [2.05, 4.69) is 31.2 Å². The van der Waals surface area contributed by atoms with Crippen molar-refractivity contribution in [2.24, 2.45) is 11.7 Å². The number of rotatable bonds is 4. The van der Waals surface area contributed by atoms with E-state index in [1.165, 1.54) is 12.8 Å². The van der Waals surface area contributed by atoms with Gasteiger partial charge >= 0.3 is 0 Å². The van der Waals surface area contributed by atoms with Gasteiger partial charge in [0.1, 0.15) is 0 Å². The summed E-state index contributed by atoms with van der Waals surface area (Å²) < 4.78 is 1.89. The monoisotopic (exact) mass is 264 g/mol. The fraction of sp³-hybridized carbons (Fsp3) is 0.714. The van der Waals surface area contributed by atoms with Crippen LogP contribution in [-0.4, -0.2) is 28.3 Å². The zero-order valence-corrected chi connectivity index (χ0v) is 12.2. The summed E-state index contributed by atoms with van der Waals surface area (Å²) in [7, 11) is 0. The molecule has 1 unspecified atom stereocenters. The number of nitrogens with zero attached hydrogens (tertiary/aromatic N) is 2. The maximum atomic E-state index is 12.3. The molecule has 5 nitrogen and oxygen atoms in total. The molecule has 0 aliphatic heterocycles. The van der Waals surface area contributed by atoms with Gasteiger partial charge in [-0.05, 0) is 46.5 Å². The molecule has 2 rings (SSSR count). The Balaban J connectivity index is 2.13. The van der Waals surface area contributed by atoms with Gasteiger partial charge in [-0.3, -0.25) is 9.48 Å². The Morgan fingerprint density at radius 2 is 2.21 bits per heavy atom. The predicted molar refractivity (Wildman–Crippen MR) is 75.0 cm³/mol. The van der Waals surface area contributed by atoms with Crippen molar-refractivity contribution < 1.29 is 4.79 Å². The highest BCUT2D eigenvalue weighted by Crippen LogP contribution is 2.32. The van der Waals surface area contributed by atoms with Crippen LogP contribution in [0, 0.1) is 12.8 Å². The van der Waals surface area contributed by atoms with Crippen LogP contribution in [-0.2, 0) is 5.54 Å². The summed E-state index contributed by atoms with van der Waals surface area (Å²) in [5.74, 6) is 0.502. The van der Waals surface area contributed by atoms with Crippen LogP contribution in [0.2, 0.25) is 0 Å². The van der Waals surface area contributed by atoms with Crippen LogP contribution in [0.25, 0.3) is 0 Å². The van der Waals surface area contributed by atoms with Gasteiger partial charge in [-0.1, -0.05) is 0 Å². The molecule has 5 heteroatoms. The van der Waals surface area contributed by atoms with E-state index in [4.69, 9.17) is 5.73 Å². The Kier molecular flexibility index (Phi) is 3.67. The molecular weight excluding hydrogens is 240 g/mol. The van der Waals surface area contributed by atoms with Gasteiger partial charge < -0.3 is 11.1 Å². The fourth-order valence-electron chi connectivity index (χ4n) is 2.42. The van der Waals surface area contributed by atoms with Crippen molar-refractivity contribution in [1.82, 2.24) is 15.1 Å². The average molecular weight is 264 g/mol. The molecule has 1 aromatic heterocycles. The third-order valence-electron chi connectivity index (χ3n) is 3.65. The van der Waals surface area contributed by atoms with Crippen molar-refractivity contribution >= 4 is 5.91 Å². The standard InChI is InChI=1S/C14H24N4O/c1-9-11(8-16-18(9)14(2,3)4)13(19)17-12(7-15)10-5-6-10/h8,10,12H,5-7,15H2,1-4H3,(H,17,19). The van der Waals surface area contributed by atoms with E-state index in [9.17, 15) is 4.79 Å². The number of carbonyl (C=O) groups is 1. The molecule has 106 valence electrons. The lowest BCUT2D eigenvalue weighted by Crippen LogP contribution is -2.42. The van der Waals surface area contributed by atoms with Crippen LogP contribution in [0.1, 0.15) is 49.7 Å². The van der Waals surface area contributed by atoms with Crippen molar-refractivity contribution in [2.45, 2.75) is 52.1 Å². The van der Waals surface area contributed by atoms with E-state index in [0.29, 0.717) is 18.0 Å². The number of hydrogen-bond acceptors (Lipinski definition) is 3. The summed E-state index contributed by atoms with van der Waals surface area (Å²) >= 11 is 0. The number of nitrogens with one attached hydrogen (secondary N) is 1. The molecule has 0 saturated heterocycles. The lowest BCUT2D eigenvalue weighted by Gasteiger charge is -2.21. The second-order valence-corrected chi connectivity index (χ2v) is 6.38. The lowest BCUT2D eigenvalue weighted by atomic mass is 10.1. The molecule has 0 spiro atoms. The minimum Gasteiger partial charge on any atom is -0.348 e. The fourth-order valence-corrected chi connectivity index (χ4v) is 2.42. The first-order valence-corrected chi connectivity index (χ1v) is 6.90. The van der Waals surface area contributed by atoms with Gasteiger partial charge in [0, 0.05) is 18.3 Å². The SMILES string of the molecule is Cc1c(C(=O)NC(CN)C2CC2)cnn1C(C)(C)C. The molecule has 0 radical (unpaired) electrons. The summed E-state index contributed by atoms with van der Waals surface area (Å²) in [6.07, 6.45) is 3.99. The maximum Gasteiger partial charge on any atom is 0.255 e. The quantitative estimate of drug-likeness (QED) is 0.863. The number of nitrogens with two attached hydrogens (primary N) is 1.